The highest BCUT2D eigenvalue weighted by atomic mass is 16.2. The summed E-state index contributed by atoms with van der Waals surface area (Å²) >= 11 is 0. The fourth-order valence-corrected chi connectivity index (χ4v) is 2.31. The second-order valence-electron chi connectivity index (χ2n) is 5.38. The zero-order valence-corrected chi connectivity index (χ0v) is 13.7. The van der Waals surface area contributed by atoms with E-state index in [1.54, 1.807) is 0 Å². The maximum atomic E-state index is 12.1. The number of likely N-dealkylation sites (tertiary alicyclic amines) is 1. The lowest BCUT2D eigenvalue weighted by molar-refractivity contribution is -0.134. The Morgan fingerprint density at radius 1 is 1.16 bits per heavy atom. The molecule has 0 radical (unpaired) electrons. The van der Waals surface area contributed by atoms with E-state index in [4.69, 9.17) is 0 Å². The molecule has 0 aromatic carbocycles. The third-order valence-corrected chi connectivity index (χ3v) is 3.47. The average Bonchev–Trinajstić information content (AvgIpc) is 2.93. The average molecular weight is 270 g/mol. The highest BCUT2D eigenvalue weighted by Crippen LogP contribution is 2.09. The van der Waals surface area contributed by atoms with Crippen LogP contribution in [0.5, 0.6) is 0 Å². The maximum absolute atomic E-state index is 12.1. The molecule has 0 bridgehead atoms. The molecule has 1 aliphatic heterocycles. The summed E-state index contributed by atoms with van der Waals surface area (Å²) in [5, 5.41) is 0. The van der Waals surface area contributed by atoms with E-state index in [0.29, 0.717) is 5.91 Å². The molecule has 0 unspecified atom stereocenters. The zero-order valence-electron chi connectivity index (χ0n) is 13.7. The lowest BCUT2D eigenvalue weighted by Gasteiger charge is -2.27. The first-order chi connectivity index (χ1) is 9.15. The Hall–Kier alpha value is -0.570. The number of rotatable bonds is 7. The number of nitrogens with zero attached hydrogens (tertiary/aromatic N) is 2. The van der Waals surface area contributed by atoms with Gasteiger partial charge in [-0.15, -0.1) is 0 Å². The van der Waals surface area contributed by atoms with Crippen molar-refractivity contribution in [1.82, 2.24) is 9.80 Å². The molecule has 19 heavy (non-hydrogen) atoms. The molecule has 0 aromatic rings. The van der Waals surface area contributed by atoms with Crippen LogP contribution in [0.1, 0.15) is 60.3 Å². The molecule has 0 aromatic heterocycles. The van der Waals surface area contributed by atoms with Crippen molar-refractivity contribution in [2.24, 2.45) is 5.92 Å². The van der Waals surface area contributed by atoms with Gasteiger partial charge < -0.3 is 9.80 Å². The van der Waals surface area contributed by atoms with Gasteiger partial charge >= 0.3 is 0 Å². The number of carbonyl (C=O) groups is 1. The second-order valence-corrected chi connectivity index (χ2v) is 5.38. The van der Waals surface area contributed by atoms with E-state index < -0.39 is 0 Å². The molecular formula is C16H34N2O. The van der Waals surface area contributed by atoms with E-state index in [9.17, 15) is 4.79 Å². The lowest BCUT2D eigenvalue weighted by atomic mass is 10.1. The summed E-state index contributed by atoms with van der Waals surface area (Å²) in [4.78, 5) is 16.6. The van der Waals surface area contributed by atoms with Crippen LogP contribution in [0.3, 0.4) is 0 Å². The van der Waals surface area contributed by atoms with Gasteiger partial charge in [0, 0.05) is 25.6 Å². The van der Waals surface area contributed by atoms with Gasteiger partial charge in [-0.05, 0) is 32.4 Å². The van der Waals surface area contributed by atoms with Crippen LogP contribution in [0.4, 0.5) is 0 Å². The summed E-state index contributed by atoms with van der Waals surface area (Å²) in [6, 6.07) is 0. The minimum atomic E-state index is 0.130. The van der Waals surface area contributed by atoms with Gasteiger partial charge in [-0.1, -0.05) is 41.0 Å². The SMILES string of the molecule is CC.CCCCN(CCN1CCCC1)C(=O)C(C)C. The molecule has 3 heteroatoms. The molecule has 0 aliphatic carbocycles. The number of hydrogen-bond acceptors (Lipinski definition) is 2. The minimum Gasteiger partial charge on any atom is -0.341 e. The van der Waals surface area contributed by atoms with Crippen LogP contribution in [0, 0.1) is 5.92 Å². The van der Waals surface area contributed by atoms with Gasteiger partial charge in [0.1, 0.15) is 0 Å². The third-order valence-electron chi connectivity index (χ3n) is 3.47. The first-order valence-corrected chi connectivity index (χ1v) is 8.16. The van der Waals surface area contributed by atoms with Crippen molar-refractivity contribution < 1.29 is 4.79 Å². The number of amides is 1. The lowest BCUT2D eigenvalue weighted by Crippen LogP contribution is -2.40. The standard InChI is InChI=1S/C14H28N2O.C2H6/c1-4-5-10-16(14(17)13(2)3)12-11-15-8-6-7-9-15;1-2/h13H,4-12H2,1-3H3;1-2H3. The smallest absolute Gasteiger partial charge is 0.225 e. The summed E-state index contributed by atoms with van der Waals surface area (Å²) in [6.45, 7) is 15.5. The molecule has 0 atom stereocenters. The quantitative estimate of drug-likeness (QED) is 0.708. The Morgan fingerprint density at radius 3 is 2.21 bits per heavy atom. The minimum absolute atomic E-state index is 0.130. The van der Waals surface area contributed by atoms with Crippen molar-refractivity contribution in [3.05, 3.63) is 0 Å². The fraction of sp³-hybridized carbons (Fsp3) is 0.938. The largest absolute Gasteiger partial charge is 0.341 e. The van der Waals surface area contributed by atoms with E-state index in [2.05, 4.69) is 16.7 Å². The zero-order chi connectivity index (χ0) is 14.7. The van der Waals surface area contributed by atoms with Crippen molar-refractivity contribution in [3.63, 3.8) is 0 Å². The van der Waals surface area contributed by atoms with Crippen LogP contribution in [-0.2, 0) is 4.79 Å². The molecule has 0 N–H and O–H groups in total. The molecule has 3 nitrogen and oxygen atoms in total. The molecule has 114 valence electrons. The van der Waals surface area contributed by atoms with Gasteiger partial charge in [-0.2, -0.15) is 0 Å². The highest BCUT2D eigenvalue weighted by Gasteiger charge is 2.18. The third kappa shape index (κ3) is 7.56. The second kappa shape index (κ2) is 11.3. The Bertz CT molecular complexity index is 223. The molecule has 0 saturated carbocycles. The first-order valence-electron chi connectivity index (χ1n) is 8.16. The van der Waals surface area contributed by atoms with Crippen LogP contribution in [0.25, 0.3) is 0 Å². The van der Waals surface area contributed by atoms with E-state index in [1.165, 1.54) is 25.9 Å². The van der Waals surface area contributed by atoms with Crippen molar-refractivity contribution in [3.8, 4) is 0 Å². The van der Waals surface area contributed by atoms with Crippen molar-refractivity contribution in [2.75, 3.05) is 32.7 Å². The van der Waals surface area contributed by atoms with Gasteiger partial charge in [0.15, 0.2) is 0 Å². The Labute approximate surface area is 120 Å². The van der Waals surface area contributed by atoms with Crippen molar-refractivity contribution in [2.45, 2.75) is 60.3 Å². The van der Waals surface area contributed by atoms with Gasteiger partial charge in [0.2, 0.25) is 5.91 Å². The molecular weight excluding hydrogens is 236 g/mol. The topological polar surface area (TPSA) is 23.6 Å². The summed E-state index contributed by atoms with van der Waals surface area (Å²) in [6.07, 6.45) is 4.93. The monoisotopic (exact) mass is 270 g/mol. The van der Waals surface area contributed by atoms with Gasteiger partial charge in [0.25, 0.3) is 0 Å². The van der Waals surface area contributed by atoms with Crippen molar-refractivity contribution >= 4 is 5.91 Å². The van der Waals surface area contributed by atoms with Crippen LogP contribution in [0.2, 0.25) is 0 Å². The Morgan fingerprint density at radius 2 is 1.74 bits per heavy atom. The summed E-state index contributed by atoms with van der Waals surface area (Å²) in [5.41, 5.74) is 0. The Balaban J connectivity index is 0.00000154. The number of unbranched alkanes of at least 4 members (excludes halogenated alkanes) is 1. The van der Waals surface area contributed by atoms with Crippen LogP contribution in [-0.4, -0.2) is 48.4 Å². The first kappa shape index (κ1) is 18.4. The summed E-state index contributed by atoms with van der Waals surface area (Å²) in [7, 11) is 0. The van der Waals surface area contributed by atoms with Crippen LogP contribution >= 0.6 is 0 Å². The van der Waals surface area contributed by atoms with Crippen LogP contribution < -0.4 is 0 Å². The highest BCUT2D eigenvalue weighted by molar-refractivity contribution is 5.78. The van der Waals surface area contributed by atoms with Gasteiger partial charge in [-0.3, -0.25) is 4.79 Å². The molecule has 1 saturated heterocycles. The molecule has 1 rings (SSSR count). The van der Waals surface area contributed by atoms with Gasteiger partial charge in [-0.25, -0.2) is 0 Å². The predicted molar refractivity (Wildman–Crippen MR) is 83.3 cm³/mol. The molecule has 1 heterocycles. The van der Waals surface area contributed by atoms with E-state index in [1.807, 2.05) is 27.7 Å². The normalized spacial score (nSPS) is 15.3. The van der Waals surface area contributed by atoms with E-state index in [0.717, 1.165) is 32.5 Å². The fourth-order valence-electron chi connectivity index (χ4n) is 2.31. The number of hydrogen-bond donors (Lipinski definition) is 0. The summed E-state index contributed by atoms with van der Waals surface area (Å²) in [5.74, 6) is 0.447. The number of carbonyl (C=O) groups excluding carboxylic acids is 1. The molecule has 1 amide bonds. The van der Waals surface area contributed by atoms with E-state index in [-0.39, 0.29) is 5.92 Å². The van der Waals surface area contributed by atoms with E-state index >= 15 is 0 Å². The molecule has 1 aliphatic rings. The predicted octanol–water partition coefficient (Wildman–Crippen LogP) is 3.39. The molecule has 0 spiro atoms. The Kier molecular flexibility index (Phi) is 10.9. The summed E-state index contributed by atoms with van der Waals surface area (Å²) < 4.78 is 0. The van der Waals surface area contributed by atoms with Crippen molar-refractivity contribution in [1.29, 1.82) is 0 Å². The maximum Gasteiger partial charge on any atom is 0.225 e. The van der Waals surface area contributed by atoms with Crippen LogP contribution in [0.15, 0.2) is 0 Å². The van der Waals surface area contributed by atoms with Gasteiger partial charge in [0.05, 0.1) is 0 Å². The molecule has 1 fully saturated rings.